The molecule has 0 amide bonds. The highest BCUT2D eigenvalue weighted by molar-refractivity contribution is 5.92. The van der Waals surface area contributed by atoms with Crippen molar-refractivity contribution in [2.75, 3.05) is 0 Å². The summed E-state index contributed by atoms with van der Waals surface area (Å²) in [5, 5.41) is 9.21. The average molecular weight is 591 g/mol. The van der Waals surface area contributed by atoms with Gasteiger partial charge in [-0.1, -0.05) is 76.3 Å². The van der Waals surface area contributed by atoms with Gasteiger partial charge in [-0.2, -0.15) is 13.2 Å². The lowest BCUT2D eigenvalue weighted by Gasteiger charge is -2.21. The van der Waals surface area contributed by atoms with Crippen molar-refractivity contribution in [3.05, 3.63) is 82.9 Å². The zero-order valence-corrected chi connectivity index (χ0v) is 23.7. The fourth-order valence-corrected chi connectivity index (χ4v) is 4.74. The highest BCUT2D eigenvalue weighted by Crippen LogP contribution is 2.36. The van der Waals surface area contributed by atoms with Crippen LogP contribution in [0.15, 0.2) is 54.6 Å². The lowest BCUT2D eigenvalue weighted by Crippen LogP contribution is -2.34. The van der Waals surface area contributed by atoms with Crippen molar-refractivity contribution in [2.24, 2.45) is 0 Å². The predicted octanol–water partition coefficient (Wildman–Crippen LogP) is 9.79. The number of unbranched alkanes of at least 4 members (excludes halogenated alkanes) is 5. The second-order valence-corrected chi connectivity index (χ2v) is 10.3. The molecule has 226 valence electrons. The van der Waals surface area contributed by atoms with Crippen LogP contribution in [0.4, 0.5) is 22.0 Å². The number of benzene rings is 3. The molecule has 0 aromatic heterocycles. The Labute approximate surface area is 242 Å². The van der Waals surface area contributed by atoms with Crippen LogP contribution in [0.2, 0.25) is 0 Å². The Balaban J connectivity index is 1.99. The van der Waals surface area contributed by atoms with Gasteiger partial charge in [0.25, 0.3) is 0 Å². The molecule has 0 aliphatic carbocycles. The van der Waals surface area contributed by atoms with Gasteiger partial charge in [-0.05, 0) is 72.2 Å². The quantitative estimate of drug-likeness (QED) is 0.115. The highest BCUT2D eigenvalue weighted by atomic mass is 19.4. The van der Waals surface area contributed by atoms with Gasteiger partial charge in [0.2, 0.25) is 0 Å². The maximum absolute atomic E-state index is 15.2. The molecule has 0 bridgehead atoms. The Morgan fingerprint density at radius 3 is 2.10 bits per heavy atom. The molecule has 3 rings (SSSR count). The van der Waals surface area contributed by atoms with Gasteiger partial charge in [0.05, 0.1) is 11.1 Å². The van der Waals surface area contributed by atoms with Crippen LogP contribution in [0.5, 0.6) is 0 Å². The summed E-state index contributed by atoms with van der Waals surface area (Å²) in [6, 6.07) is 12.2. The highest BCUT2D eigenvalue weighted by Gasteiger charge is 2.42. The summed E-state index contributed by atoms with van der Waals surface area (Å²) < 4.78 is 75.1. The van der Waals surface area contributed by atoms with E-state index in [1.54, 1.807) is 19.1 Å². The third-order valence-electron chi connectivity index (χ3n) is 7.09. The molecule has 9 heteroatoms. The minimum Gasteiger partial charge on any atom is -0.478 e. The summed E-state index contributed by atoms with van der Waals surface area (Å²) in [7, 11) is 0. The molecule has 1 atom stereocenters. The van der Waals surface area contributed by atoms with E-state index >= 15 is 8.78 Å². The van der Waals surface area contributed by atoms with Crippen LogP contribution >= 0.6 is 0 Å². The predicted molar refractivity (Wildman–Crippen MR) is 151 cm³/mol. The van der Waals surface area contributed by atoms with Crippen LogP contribution in [0.3, 0.4) is 0 Å². The number of esters is 1. The van der Waals surface area contributed by atoms with Gasteiger partial charge in [0, 0.05) is 5.56 Å². The van der Waals surface area contributed by atoms with Crippen LogP contribution in [0.1, 0.15) is 91.5 Å². The monoisotopic (exact) mass is 590 g/mol. The normalized spacial score (nSPS) is 12.3. The Morgan fingerprint density at radius 1 is 0.786 bits per heavy atom. The molecule has 1 N–H and O–H groups in total. The van der Waals surface area contributed by atoms with E-state index in [0.29, 0.717) is 17.5 Å². The van der Waals surface area contributed by atoms with Crippen molar-refractivity contribution in [3.8, 4) is 22.3 Å². The second-order valence-electron chi connectivity index (χ2n) is 10.3. The molecule has 0 aliphatic heterocycles. The number of carboxylic acids is 1. The molecular formula is C33H35F5O4. The van der Waals surface area contributed by atoms with Gasteiger partial charge >= 0.3 is 18.1 Å². The molecule has 1 unspecified atom stereocenters. The molecule has 42 heavy (non-hydrogen) atoms. The van der Waals surface area contributed by atoms with E-state index in [2.05, 4.69) is 11.7 Å². The summed E-state index contributed by atoms with van der Waals surface area (Å²) in [6.45, 7) is 3.83. The van der Waals surface area contributed by atoms with Crippen LogP contribution in [-0.4, -0.2) is 29.3 Å². The molecule has 0 spiro atoms. The van der Waals surface area contributed by atoms with Gasteiger partial charge < -0.3 is 9.84 Å². The summed E-state index contributed by atoms with van der Waals surface area (Å²) in [6.07, 6.45) is -0.910. The zero-order chi connectivity index (χ0) is 30.9. The molecule has 0 aliphatic rings. The smallest absolute Gasteiger partial charge is 0.425 e. The lowest BCUT2D eigenvalue weighted by molar-refractivity contribution is -0.206. The minimum atomic E-state index is -4.78. The number of rotatable bonds is 14. The minimum absolute atomic E-state index is 0.0948. The molecule has 0 heterocycles. The number of ether oxygens (including phenoxy) is 1. The fourth-order valence-electron chi connectivity index (χ4n) is 4.74. The van der Waals surface area contributed by atoms with Gasteiger partial charge in [0.1, 0.15) is 11.6 Å². The topological polar surface area (TPSA) is 63.6 Å². The molecular weight excluding hydrogens is 555 g/mol. The van der Waals surface area contributed by atoms with Crippen molar-refractivity contribution >= 4 is 11.9 Å². The van der Waals surface area contributed by atoms with E-state index < -0.39 is 47.8 Å². The summed E-state index contributed by atoms with van der Waals surface area (Å²) in [4.78, 5) is 23.8. The molecule has 3 aromatic rings. The van der Waals surface area contributed by atoms with E-state index in [1.807, 2.05) is 6.07 Å². The number of carbonyl (C=O) groups excluding carboxylic acids is 1. The average Bonchev–Trinajstić information content (AvgIpc) is 2.94. The number of aromatic carboxylic acids is 1. The summed E-state index contributed by atoms with van der Waals surface area (Å²) in [5.74, 6) is -4.57. The van der Waals surface area contributed by atoms with Gasteiger partial charge in [-0.25, -0.2) is 18.4 Å². The van der Waals surface area contributed by atoms with Crippen molar-refractivity contribution in [3.63, 3.8) is 0 Å². The standard InChI is InChI=1S/C33H35F5O4/c1-3-5-7-8-9-10-21-12-15-24(25-16-14-23(31(39)40)20-28(25)34)27(18-21)22-13-17-26(29(35)19-22)32(41)42-30(11-6-4-2)33(36,37)38/h12-20,30H,3-11H2,1-2H3,(H,39,40). The molecule has 0 radical (unpaired) electrons. The van der Waals surface area contributed by atoms with E-state index in [4.69, 9.17) is 0 Å². The molecule has 4 nitrogen and oxygen atoms in total. The first-order valence-corrected chi connectivity index (χ1v) is 14.2. The van der Waals surface area contributed by atoms with Crippen LogP contribution in [-0.2, 0) is 11.2 Å². The Kier molecular flexibility index (Phi) is 11.6. The van der Waals surface area contributed by atoms with E-state index in [0.717, 1.165) is 62.3 Å². The number of aryl methyl sites for hydroxylation is 1. The van der Waals surface area contributed by atoms with E-state index in [9.17, 15) is 27.9 Å². The van der Waals surface area contributed by atoms with Crippen LogP contribution < -0.4 is 0 Å². The second kappa shape index (κ2) is 14.9. The molecule has 0 fully saturated rings. The van der Waals surface area contributed by atoms with E-state index in [-0.39, 0.29) is 23.1 Å². The SMILES string of the molecule is CCCCCCCc1ccc(-c2ccc(C(=O)O)cc2F)c(-c2ccc(C(=O)OC(CCCC)C(F)(F)F)c(F)c2)c1. The van der Waals surface area contributed by atoms with Gasteiger partial charge in [-0.3, -0.25) is 0 Å². The van der Waals surface area contributed by atoms with Crippen molar-refractivity contribution in [1.82, 2.24) is 0 Å². The Bertz CT molecular complexity index is 1380. The third kappa shape index (κ3) is 8.63. The maximum Gasteiger partial charge on any atom is 0.425 e. The number of alkyl halides is 3. The van der Waals surface area contributed by atoms with Gasteiger partial charge in [0.15, 0.2) is 6.10 Å². The number of hydrogen-bond acceptors (Lipinski definition) is 3. The fraction of sp³-hybridized carbons (Fsp3) is 0.394. The molecule has 3 aromatic carbocycles. The summed E-state index contributed by atoms with van der Waals surface area (Å²) >= 11 is 0. The zero-order valence-electron chi connectivity index (χ0n) is 23.7. The number of halogens is 5. The van der Waals surface area contributed by atoms with Crippen molar-refractivity contribution < 1.29 is 41.4 Å². The Morgan fingerprint density at radius 2 is 1.48 bits per heavy atom. The van der Waals surface area contributed by atoms with Gasteiger partial charge in [-0.15, -0.1) is 0 Å². The molecule has 0 saturated heterocycles. The molecule has 0 saturated carbocycles. The van der Waals surface area contributed by atoms with Crippen LogP contribution in [0, 0.1) is 11.6 Å². The van der Waals surface area contributed by atoms with E-state index in [1.165, 1.54) is 18.2 Å². The van der Waals surface area contributed by atoms with Crippen molar-refractivity contribution in [1.29, 1.82) is 0 Å². The number of carbonyl (C=O) groups is 2. The van der Waals surface area contributed by atoms with Crippen LogP contribution in [0.25, 0.3) is 22.3 Å². The first kappa shape index (κ1) is 32.8. The maximum atomic E-state index is 15.2. The first-order valence-electron chi connectivity index (χ1n) is 14.2. The van der Waals surface area contributed by atoms with Crippen molar-refractivity contribution in [2.45, 2.75) is 83.9 Å². The number of hydrogen-bond donors (Lipinski definition) is 1. The number of carboxylic acid groups (broad SMARTS) is 1. The Hall–Kier alpha value is -3.75. The largest absolute Gasteiger partial charge is 0.478 e. The first-order chi connectivity index (χ1) is 20.0. The third-order valence-corrected chi connectivity index (χ3v) is 7.09. The summed E-state index contributed by atoms with van der Waals surface area (Å²) in [5.41, 5.74) is 1.20. The lowest BCUT2D eigenvalue weighted by atomic mass is 9.90.